The van der Waals surface area contributed by atoms with Crippen LogP contribution in [0.2, 0.25) is 0 Å². The summed E-state index contributed by atoms with van der Waals surface area (Å²) in [5, 5.41) is 59.9. The molecule has 0 amide bonds. The van der Waals surface area contributed by atoms with Crippen LogP contribution in [0.3, 0.4) is 0 Å². The Morgan fingerprint density at radius 3 is 2.29 bits per heavy atom. The number of nitrogens with zero attached hydrogens (tertiary/aromatic N) is 2. The number of aliphatic hydroxyl groups excluding tert-OH is 4. The molecule has 3 unspecified atom stereocenters. The Balaban J connectivity index is 2.29. The summed E-state index contributed by atoms with van der Waals surface area (Å²) in [4.78, 5) is 20.0. The van der Waals surface area contributed by atoms with E-state index in [0.29, 0.717) is 6.07 Å². The SMILES string of the molecule is O=[N+]([O-])c1ccc(O[C@@H]2OC(CO)[C@@H](O)C(O)C2O)c([N+](=O)[O-])c1. The van der Waals surface area contributed by atoms with Crippen molar-refractivity contribution in [3.8, 4) is 5.75 Å². The summed E-state index contributed by atoms with van der Waals surface area (Å²) in [5.74, 6) is -0.449. The van der Waals surface area contributed by atoms with Crippen molar-refractivity contribution in [2.24, 2.45) is 0 Å². The Hall–Kier alpha value is -2.38. The minimum atomic E-state index is -1.77. The van der Waals surface area contributed by atoms with Crippen LogP contribution in [-0.4, -0.2) is 67.6 Å². The van der Waals surface area contributed by atoms with Crippen molar-refractivity contribution < 1.29 is 39.7 Å². The van der Waals surface area contributed by atoms with Gasteiger partial charge in [0.15, 0.2) is 0 Å². The van der Waals surface area contributed by atoms with Gasteiger partial charge in [-0.05, 0) is 6.07 Å². The van der Waals surface area contributed by atoms with E-state index in [-0.39, 0.29) is 0 Å². The average molecular weight is 346 g/mol. The van der Waals surface area contributed by atoms with Crippen molar-refractivity contribution in [2.45, 2.75) is 30.7 Å². The van der Waals surface area contributed by atoms with E-state index < -0.39 is 64.3 Å². The second kappa shape index (κ2) is 7.02. The van der Waals surface area contributed by atoms with Crippen molar-refractivity contribution in [2.75, 3.05) is 6.61 Å². The molecule has 132 valence electrons. The molecule has 12 nitrogen and oxygen atoms in total. The Kier molecular flexibility index (Phi) is 5.26. The van der Waals surface area contributed by atoms with Gasteiger partial charge in [-0.25, -0.2) is 0 Å². The highest BCUT2D eigenvalue weighted by molar-refractivity contribution is 5.53. The summed E-state index contributed by atoms with van der Waals surface area (Å²) in [6, 6.07) is 2.56. The number of hydrogen-bond acceptors (Lipinski definition) is 10. The third-order valence-corrected chi connectivity index (χ3v) is 3.44. The van der Waals surface area contributed by atoms with E-state index >= 15 is 0 Å². The topological polar surface area (TPSA) is 186 Å². The Bertz CT molecular complexity index is 636. The zero-order valence-corrected chi connectivity index (χ0v) is 12.0. The monoisotopic (exact) mass is 346 g/mol. The van der Waals surface area contributed by atoms with E-state index in [4.69, 9.17) is 14.6 Å². The maximum absolute atomic E-state index is 11.0. The highest BCUT2D eigenvalue weighted by Gasteiger charge is 2.45. The molecule has 24 heavy (non-hydrogen) atoms. The van der Waals surface area contributed by atoms with E-state index in [2.05, 4.69) is 0 Å². The van der Waals surface area contributed by atoms with Crippen LogP contribution < -0.4 is 4.74 Å². The molecule has 1 aliphatic heterocycles. The maximum Gasteiger partial charge on any atom is 0.317 e. The second-order valence-corrected chi connectivity index (χ2v) is 4.98. The van der Waals surface area contributed by atoms with Gasteiger partial charge in [0, 0.05) is 6.07 Å². The highest BCUT2D eigenvalue weighted by atomic mass is 16.7. The summed E-state index contributed by atoms with van der Waals surface area (Å²) < 4.78 is 10.2. The third kappa shape index (κ3) is 3.42. The molecule has 1 aliphatic rings. The molecular formula is C12H14N2O10. The molecular weight excluding hydrogens is 332 g/mol. The van der Waals surface area contributed by atoms with Crippen LogP contribution in [0.5, 0.6) is 5.75 Å². The molecule has 1 heterocycles. The number of nitro groups is 2. The van der Waals surface area contributed by atoms with Crippen molar-refractivity contribution >= 4 is 11.4 Å². The fourth-order valence-electron chi connectivity index (χ4n) is 2.15. The van der Waals surface area contributed by atoms with Crippen molar-refractivity contribution in [1.82, 2.24) is 0 Å². The zero-order chi connectivity index (χ0) is 18.0. The van der Waals surface area contributed by atoms with Crippen LogP contribution in [0.15, 0.2) is 18.2 Å². The lowest BCUT2D eigenvalue weighted by Crippen LogP contribution is -2.60. The Morgan fingerprint density at radius 1 is 1.08 bits per heavy atom. The highest BCUT2D eigenvalue weighted by Crippen LogP contribution is 2.33. The Labute approximate surface area is 133 Å². The van der Waals surface area contributed by atoms with Gasteiger partial charge in [0.2, 0.25) is 12.0 Å². The zero-order valence-electron chi connectivity index (χ0n) is 12.0. The van der Waals surface area contributed by atoms with Crippen LogP contribution in [0.1, 0.15) is 0 Å². The quantitative estimate of drug-likeness (QED) is 0.368. The molecule has 0 aliphatic carbocycles. The van der Waals surface area contributed by atoms with Crippen LogP contribution >= 0.6 is 0 Å². The standard InChI is InChI=1S/C12H14N2O10/c15-4-8-9(16)10(17)11(18)12(24-8)23-7-2-1-5(13(19)20)3-6(7)14(21)22/h1-3,8-12,15-18H,4H2/t8?,9-,10?,11?,12-/m1/s1. The van der Waals surface area contributed by atoms with Gasteiger partial charge in [0.25, 0.3) is 5.69 Å². The molecule has 0 radical (unpaired) electrons. The van der Waals surface area contributed by atoms with Crippen LogP contribution in [0.25, 0.3) is 0 Å². The number of non-ortho nitro benzene ring substituents is 1. The van der Waals surface area contributed by atoms with Crippen molar-refractivity contribution in [3.05, 3.63) is 38.4 Å². The summed E-state index contributed by atoms with van der Waals surface area (Å²) in [6.07, 6.45) is -8.00. The van der Waals surface area contributed by atoms with E-state index in [9.17, 15) is 35.5 Å². The van der Waals surface area contributed by atoms with Gasteiger partial charge >= 0.3 is 5.69 Å². The van der Waals surface area contributed by atoms with E-state index in [0.717, 1.165) is 12.1 Å². The first-order valence-electron chi connectivity index (χ1n) is 6.66. The molecule has 1 fully saturated rings. The van der Waals surface area contributed by atoms with E-state index in [1.165, 1.54) is 0 Å². The molecule has 1 saturated heterocycles. The fourth-order valence-corrected chi connectivity index (χ4v) is 2.15. The first-order valence-corrected chi connectivity index (χ1v) is 6.66. The summed E-state index contributed by atoms with van der Waals surface area (Å²) in [5.41, 5.74) is -1.29. The number of aliphatic hydroxyl groups is 4. The van der Waals surface area contributed by atoms with Crippen molar-refractivity contribution in [1.29, 1.82) is 0 Å². The van der Waals surface area contributed by atoms with Gasteiger partial charge in [-0.1, -0.05) is 0 Å². The maximum atomic E-state index is 11.0. The second-order valence-electron chi connectivity index (χ2n) is 4.98. The van der Waals surface area contributed by atoms with Crippen LogP contribution in [0, 0.1) is 20.2 Å². The van der Waals surface area contributed by atoms with Gasteiger partial charge in [-0.2, -0.15) is 0 Å². The van der Waals surface area contributed by atoms with Gasteiger partial charge in [-0.3, -0.25) is 20.2 Å². The molecule has 0 spiro atoms. The third-order valence-electron chi connectivity index (χ3n) is 3.44. The molecule has 5 atom stereocenters. The van der Waals surface area contributed by atoms with E-state index in [1.807, 2.05) is 0 Å². The Morgan fingerprint density at radius 2 is 1.75 bits per heavy atom. The minimum absolute atomic E-state index is 0.449. The van der Waals surface area contributed by atoms with Gasteiger partial charge in [0.05, 0.1) is 22.5 Å². The first kappa shape index (κ1) is 18.0. The summed E-state index contributed by atoms with van der Waals surface area (Å²) in [7, 11) is 0. The van der Waals surface area contributed by atoms with Gasteiger partial charge in [-0.15, -0.1) is 0 Å². The minimum Gasteiger partial charge on any atom is -0.455 e. The van der Waals surface area contributed by atoms with E-state index in [1.54, 1.807) is 0 Å². The normalized spacial score (nSPS) is 29.9. The van der Waals surface area contributed by atoms with Gasteiger partial charge in [0.1, 0.15) is 24.4 Å². The summed E-state index contributed by atoms with van der Waals surface area (Å²) in [6.45, 7) is -0.701. The first-order chi connectivity index (χ1) is 11.3. The fraction of sp³-hybridized carbons (Fsp3) is 0.500. The number of rotatable bonds is 5. The van der Waals surface area contributed by atoms with Crippen LogP contribution in [0.4, 0.5) is 11.4 Å². The molecule has 1 aromatic carbocycles. The number of ether oxygens (including phenoxy) is 2. The smallest absolute Gasteiger partial charge is 0.317 e. The molecule has 2 rings (SSSR count). The predicted molar refractivity (Wildman–Crippen MR) is 74.1 cm³/mol. The lowest BCUT2D eigenvalue weighted by Gasteiger charge is -2.39. The molecule has 0 saturated carbocycles. The molecule has 0 bridgehead atoms. The average Bonchev–Trinajstić information content (AvgIpc) is 2.55. The van der Waals surface area contributed by atoms with Crippen LogP contribution in [-0.2, 0) is 4.74 Å². The number of hydrogen-bond donors (Lipinski definition) is 4. The van der Waals surface area contributed by atoms with Gasteiger partial charge < -0.3 is 29.9 Å². The molecule has 0 aromatic heterocycles. The van der Waals surface area contributed by atoms with Crippen molar-refractivity contribution in [3.63, 3.8) is 0 Å². The molecule has 12 heteroatoms. The number of nitro benzene ring substituents is 2. The lowest BCUT2D eigenvalue weighted by molar-refractivity contribution is -0.395. The largest absolute Gasteiger partial charge is 0.455 e. The predicted octanol–water partition coefficient (Wildman–Crippen LogP) is -1.32. The lowest BCUT2D eigenvalue weighted by atomic mass is 9.99. The number of benzene rings is 1. The molecule has 1 aromatic rings. The summed E-state index contributed by atoms with van der Waals surface area (Å²) >= 11 is 0. The molecule has 4 N–H and O–H groups in total.